The zero-order valence-electron chi connectivity index (χ0n) is 13.5. The van der Waals surface area contributed by atoms with Gasteiger partial charge in [0.2, 0.25) is 5.91 Å². The van der Waals surface area contributed by atoms with Crippen molar-refractivity contribution in [1.29, 1.82) is 0 Å². The Bertz CT molecular complexity index is 607. The number of nitrogens with zero attached hydrogens (tertiary/aromatic N) is 3. The Morgan fingerprint density at radius 3 is 2.79 bits per heavy atom. The van der Waals surface area contributed by atoms with Crippen molar-refractivity contribution in [3.63, 3.8) is 0 Å². The number of carbonyl (C=O) groups excluding carboxylic acids is 1. The molecule has 0 bridgehead atoms. The lowest BCUT2D eigenvalue weighted by atomic mass is 9.88. The van der Waals surface area contributed by atoms with Crippen molar-refractivity contribution in [2.75, 3.05) is 19.8 Å². The van der Waals surface area contributed by atoms with Crippen LogP contribution in [0.2, 0.25) is 0 Å². The van der Waals surface area contributed by atoms with E-state index in [-0.39, 0.29) is 18.7 Å². The zero-order chi connectivity index (χ0) is 16.7. The van der Waals surface area contributed by atoms with Gasteiger partial charge in [0.1, 0.15) is 6.04 Å². The van der Waals surface area contributed by atoms with Crippen molar-refractivity contribution in [3.05, 3.63) is 18.0 Å². The van der Waals surface area contributed by atoms with Crippen molar-refractivity contribution in [2.24, 2.45) is 0 Å². The predicted octanol–water partition coefficient (Wildman–Crippen LogP) is 1.33. The van der Waals surface area contributed by atoms with Crippen LogP contribution >= 0.6 is 0 Å². The Morgan fingerprint density at radius 2 is 2.08 bits per heavy atom. The van der Waals surface area contributed by atoms with Gasteiger partial charge in [0.15, 0.2) is 0 Å². The monoisotopic (exact) mass is 340 g/mol. The second kappa shape index (κ2) is 6.07. The molecule has 1 unspecified atom stereocenters. The Kier molecular flexibility index (Phi) is 4.04. The fraction of sp³-hybridized carbons (Fsp3) is 0.750. The molecule has 0 radical (unpaired) electrons. The molecule has 6 nitrogen and oxygen atoms in total. The highest BCUT2D eigenvalue weighted by atomic mass is 19.3. The maximum Gasteiger partial charge on any atom is 0.252 e. The molecule has 3 heterocycles. The van der Waals surface area contributed by atoms with E-state index in [0.29, 0.717) is 12.6 Å². The van der Waals surface area contributed by atoms with Crippen LogP contribution in [0.3, 0.4) is 0 Å². The highest BCUT2D eigenvalue weighted by Gasteiger charge is 2.47. The number of fused-ring (bicyclic) bond motifs is 1. The lowest BCUT2D eigenvalue weighted by Crippen LogP contribution is -2.55. The van der Waals surface area contributed by atoms with Gasteiger partial charge in [-0.1, -0.05) is 0 Å². The number of hydrogen-bond acceptors (Lipinski definition) is 4. The van der Waals surface area contributed by atoms with E-state index in [1.807, 2.05) is 6.07 Å². The summed E-state index contributed by atoms with van der Waals surface area (Å²) in [6.07, 6.45) is 3.08. The van der Waals surface area contributed by atoms with Gasteiger partial charge in [0, 0.05) is 57.4 Å². The Balaban J connectivity index is 1.46. The van der Waals surface area contributed by atoms with E-state index in [2.05, 4.69) is 15.3 Å². The molecule has 1 aromatic heterocycles. The fourth-order valence-corrected chi connectivity index (χ4v) is 3.90. The second-order valence-electron chi connectivity index (χ2n) is 7.03. The molecule has 0 aromatic carbocycles. The molecule has 2 fully saturated rings. The highest BCUT2D eigenvalue weighted by Crippen LogP contribution is 2.37. The quantitative estimate of drug-likeness (QED) is 0.902. The van der Waals surface area contributed by atoms with Gasteiger partial charge in [-0.2, -0.15) is 5.10 Å². The SMILES string of the molecule is O=C(NC1CC(F)(F)C1)C1CN(C2CCOCC2)Cc2ccnn21. The molecule has 8 heteroatoms. The Labute approximate surface area is 139 Å². The number of aromatic nitrogens is 2. The van der Waals surface area contributed by atoms with E-state index in [1.165, 1.54) is 0 Å². The first-order valence-electron chi connectivity index (χ1n) is 8.54. The van der Waals surface area contributed by atoms with E-state index in [4.69, 9.17) is 4.74 Å². The molecule has 1 saturated carbocycles. The molecule has 1 atom stereocenters. The van der Waals surface area contributed by atoms with Crippen LogP contribution in [0, 0.1) is 0 Å². The van der Waals surface area contributed by atoms with Crippen molar-refractivity contribution in [3.8, 4) is 0 Å². The number of alkyl halides is 2. The Morgan fingerprint density at radius 1 is 1.33 bits per heavy atom. The maximum absolute atomic E-state index is 13.0. The molecule has 1 saturated heterocycles. The molecular weight excluding hydrogens is 318 g/mol. The standard InChI is InChI=1S/C16H22F2N4O2/c17-16(18)7-11(8-16)20-15(23)14-10-21(12-2-5-24-6-3-12)9-13-1-4-19-22(13)14/h1,4,11-12,14H,2-3,5-10H2,(H,20,23). The molecule has 132 valence electrons. The van der Waals surface area contributed by atoms with E-state index < -0.39 is 18.0 Å². The molecule has 3 aliphatic rings. The zero-order valence-corrected chi connectivity index (χ0v) is 13.5. The molecule has 0 spiro atoms. The van der Waals surface area contributed by atoms with Crippen LogP contribution in [0.4, 0.5) is 8.78 Å². The summed E-state index contributed by atoms with van der Waals surface area (Å²) in [6, 6.07) is 1.43. The van der Waals surface area contributed by atoms with E-state index in [9.17, 15) is 13.6 Å². The van der Waals surface area contributed by atoms with Crippen LogP contribution in [0.15, 0.2) is 12.3 Å². The minimum Gasteiger partial charge on any atom is -0.381 e. The smallest absolute Gasteiger partial charge is 0.252 e. The molecule has 2 aliphatic heterocycles. The number of halogens is 2. The summed E-state index contributed by atoms with van der Waals surface area (Å²) in [6.45, 7) is 2.81. The summed E-state index contributed by atoms with van der Waals surface area (Å²) in [5, 5.41) is 7.04. The molecule has 1 N–H and O–H groups in total. The third kappa shape index (κ3) is 3.04. The number of nitrogens with one attached hydrogen (secondary N) is 1. The van der Waals surface area contributed by atoms with Crippen LogP contribution in [0.25, 0.3) is 0 Å². The minimum atomic E-state index is -2.63. The number of rotatable bonds is 3. The summed E-state index contributed by atoms with van der Waals surface area (Å²) in [7, 11) is 0. The van der Waals surface area contributed by atoms with Gasteiger partial charge in [-0.15, -0.1) is 0 Å². The third-order valence-corrected chi connectivity index (χ3v) is 5.27. The number of carbonyl (C=O) groups is 1. The van der Waals surface area contributed by atoms with Gasteiger partial charge < -0.3 is 10.1 Å². The normalized spacial score (nSPS) is 28.2. The Hall–Kier alpha value is -1.54. The number of amides is 1. The summed E-state index contributed by atoms with van der Waals surface area (Å²) < 4.78 is 33.1. The van der Waals surface area contributed by atoms with Gasteiger partial charge in [-0.3, -0.25) is 14.4 Å². The number of hydrogen-bond donors (Lipinski definition) is 1. The van der Waals surface area contributed by atoms with Crippen LogP contribution in [-0.2, 0) is 16.1 Å². The average molecular weight is 340 g/mol. The van der Waals surface area contributed by atoms with Crippen LogP contribution in [0.5, 0.6) is 0 Å². The fourth-order valence-electron chi connectivity index (χ4n) is 3.90. The minimum absolute atomic E-state index is 0.211. The van der Waals surface area contributed by atoms with Crippen LogP contribution in [0.1, 0.15) is 37.4 Å². The maximum atomic E-state index is 13.0. The van der Waals surface area contributed by atoms with Gasteiger partial charge >= 0.3 is 0 Å². The second-order valence-corrected chi connectivity index (χ2v) is 7.03. The molecule has 24 heavy (non-hydrogen) atoms. The lowest BCUT2D eigenvalue weighted by molar-refractivity contribution is -0.134. The average Bonchev–Trinajstić information content (AvgIpc) is 3.01. The van der Waals surface area contributed by atoms with Gasteiger partial charge in [0.25, 0.3) is 5.92 Å². The van der Waals surface area contributed by atoms with Crippen molar-refractivity contribution in [2.45, 2.75) is 56.3 Å². The number of ether oxygens (including phenoxy) is 1. The van der Waals surface area contributed by atoms with Crippen LogP contribution < -0.4 is 5.32 Å². The molecule has 1 aliphatic carbocycles. The van der Waals surface area contributed by atoms with Gasteiger partial charge in [-0.05, 0) is 18.9 Å². The summed E-state index contributed by atoms with van der Waals surface area (Å²) in [4.78, 5) is 14.9. The van der Waals surface area contributed by atoms with E-state index in [0.717, 1.165) is 38.3 Å². The first-order chi connectivity index (χ1) is 11.5. The van der Waals surface area contributed by atoms with Gasteiger partial charge in [-0.25, -0.2) is 8.78 Å². The van der Waals surface area contributed by atoms with Crippen molar-refractivity contribution < 1.29 is 18.3 Å². The summed E-state index contributed by atoms with van der Waals surface area (Å²) in [5.74, 6) is -2.84. The van der Waals surface area contributed by atoms with Gasteiger partial charge in [0.05, 0.1) is 5.69 Å². The van der Waals surface area contributed by atoms with E-state index in [1.54, 1.807) is 10.9 Å². The molecule has 1 amide bonds. The lowest BCUT2D eigenvalue weighted by Gasteiger charge is -2.41. The largest absolute Gasteiger partial charge is 0.381 e. The van der Waals surface area contributed by atoms with Crippen molar-refractivity contribution >= 4 is 5.91 Å². The van der Waals surface area contributed by atoms with Crippen molar-refractivity contribution in [1.82, 2.24) is 20.0 Å². The first-order valence-corrected chi connectivity index (χ1v) is 8.54. The van der Waals surface area contributed by atoms with Crippen LogP contribution in [-0.4, -0.2) is 58.4 Å². The topological polar surface area (TPSA) is 59.4 Å². The molecule has 1 aromatic rings. The first kappa shape index (κ1) is 16.0. The van der Waals surface area contributed by atoms with E-state index >= 15 is 0 Å². The third-order valence-electron chi connectivity index (χ3n) is 5.27. The molecule has 4 rings (SSSR count). The summed E-state index contributed by atoms with van der Waals surface area (Å²) in [5.41, 5.74) is 0.992. The summed E-state index contributed by atoms with van der Waals surface area (Å²) >= 11 is 0. The predicted molar refractivity (Wildman–Crippen MR) is 81.6 cm³/mol. The highest BCUT2D eigenvalue weighted by molar-refractivity contribution is 5.81. The molecular formula is C16H22F2N4O2.